The van der Waals surface area contributed by atoms with Gasteiger partial charge in [0.15, 0.2) is 11.5 Å². The van der Waals surface area contributed by atoms with Crippen molar-refractivity contribution in [1.29, 1.82) is 0 Å². The minimum atomic E-state index is -0.527. The van der Waals surface area contributed by atoms with Crippen molar-refractivity contribution in [1.82, 2.24) is 0 Å². The van der Waals surface area contributed by atoms with Crippen LogP contribution in [0.25, 0.3) is 11.0 Å². The number of phenolic OH excluding ortho intramolecular Hbond substituents is 2. The van der Waals surface area contributed by atoms with E-state index >= 15 is 0 Å². The summed E-state index contributed by atoms with van der Waals surface area (Å²) in [5.41, 5.74) is 1.13. The Morgan fingerprint density at radius 1 is 1.09 bits per heavy atom. The van der Waals surface area contributed by atoms with Gasteiger partial charge in [-0.2, -0.15) is 0 Å². The molecule has 2 aromatic carbocycles. The quantitative estimate of drug-likeness (QED) is 0.509. The Hall–Kier alpha value is -2.66. The molecule has 1 aromatic heterocycles. The summed E-state index contributed by atoms with van der Waals surface area (Å²) in [6.07, 6.45) is 0. The molecule has 0 fully saturated rings. The highest BCUT2D eigenvalue weighted by molar-refractivity contribution is 6.30. The standard InChI is InChI=1S/C16H12ClNO4/c17-10-2-1-3-11(5-10)18-8-9-4-16(21)22-15-7-14(20)13(19)6-12(9)15/h1-7,18-20H,8H2. The number of rotatable bonds is 3. The van der Waals surface area contributed by atoms with Crippen LogP contribution in [0.15, 0.2) is 51.7 Å². The Morgan fingerprint density at radius 3 is 2.64 bits per heavy atom. The molecule has 112 valence electrons. The number of hydrogen-bond donors (Lipinski definition) is 3. The maximum Gasteiger partial charge on any atom is 0.336 e. The van der Waals surface area contributed by atoms with Crippen molar-refractivity contribution in [3.05, 3.63) is 63.5 Å². The van der Waals surface area contributed by atoms with Gasteiger partial charge in [-0.1, -0.05) is 17.7 Å². The molecule has 0 unspecified atom stereocenters. The maximum atomic E-state index is 11.6. The minimum Gasteiger partial charge on any atom is -0.504 e. The number of hydrogen-bond acceptors (Lipinski definition) is 5. The lowest BCUT2D eigenvalue weighted by molar-refractivity contribution is 0.403. The summed E-state index contributed by atoms with van der Waals surface area (Å²) in [5, 5.41) is 23.4. The van der Waals surface area contributed by atoms with Crippen LogP contribution in [0.1, 0.15) is 5.56 Å². The van der Waals surface area contributed by atoms with Crippen LogP contribution < -0.4 is 10.9 Å². The van der Waals surface area contributed by atoms with Gasteiger partial charge in [0.2, 0.25) is 0 Å². The lowest BCUT2D eigenvalue weighted by Gasteiger charge is -2.09. The number of nitrogens with one attached hydrogen (secondary N) is 1. The molecule has 0 saturated heterocycles. The summed E-state index contributed by atoms with van der Waals surface area (Å²) in [7, 11) is 0. The third-order valence-electron chi connectivity index (χ3n) is 3.23. The van der Waals surface area contributed by atoms with Crippen LogP contribution in [-0.4, -0.2) is 10.2 Å². The van der Waals surface area contributed by atoms with Gasteiger partial charge in [0, 0.05) is 34.8 Å². The predicted octanol–water partition coefficient (Wildman–Crippen LogP) is 3.47. The fraction of sp³-hybridized carbons (Fsp3) is 0.0625. The molecule has 1 heterocycles. The Labute approximate surface area is 130 Å². The fourth-order valence-electron chi connectivity index (χ4n) is 2.19. The van der Waals surface area contributed by atoms with Gasteiger partial charge in [-0.3, -0.25) is 0 Å². The lowest BCUT2D eigenvalue weighted by Crippen LogP contribution is -2.05. The molecule has 3 N–H and O–H groups in total. The van der Waals surface area contributed by atoms with Gasteiger partial charge in [0.05, 0.1) is 0 Å². The van der Waals surface area contributed by atoms with Crippen molar-refractivity contribution in [3.8, 4) is 11.5 Å². The zero-order valence-electron chi connectivity index (χ0n) is 11.3. The number of benzene rings is 2. The molecule has 3 rings (SSSR count). The van der Waals surface area contributed by atoms with Gasteiger partial charge in [-0.25, -0.2) is 4.79 Å². The first kappa shape index (κ1) is 14.3. The highest BCUT2D eigenvalue weighted by atomic mass is 35.5. The van der Waals surface area contributed by atoms with Gasteiger partial charge in [0.25, 0.3) is 0 Å². The molecule has 0 aliphatic carbocycles. The average molecular weight is 318 g/mol. The van der Waals surface area contributed by atoms with Gasteiger partial charge in [-0.05, 0) is 29.8 Å². The van der Waals surface area contributed by atoms with E-state index in [9.17, 15) is 15.0 Å². The Bertz CT molecular complexity index is 904. The molecule has 0 atom stereocenters. The second-order valence-corrected chi connectivity index (χ2v) is 5.23. The summed E-state index contributed by atoms with van der Waals surface area (Å²) < 4.78 is 5.03. The van der Waals surface area contributed by atoms with E-state index in [0.29, 0.717) is 22.5 Å². The molecule has 22 heavy (non-hydrogen) atoms. The van der Waals surface area contributed by atoms with Gasteiger partial charge < -0.3 is 19.9 Å². The van der Waals surface area contributed by atoms with Crippen molar-refractivity contribution in [2.45, 2.75) is 6.54 Å². The Balaban J connectivity index is 1.99. The zero-order chi connectivity index (χ0) is 15.7. The van der Waals surface area contributed by atoms with E-state index in [0.717, 1.165) is 5.69 Å². The first-order chi connectivity index (χ1) is 10.5. The number of anilines is 1. The average Bonchev–Trinajstić information content (AvgIpc) is 2.47. The first-order valence-electron chi connectivity index (χ1n) is 6.51. The zero-order valence-corrected chi connectivity index (χ0v) is 12.1. The molecular formula is C16H12ClNO4. The van der Waals surface area contributed by atoms with E-state index in [1.807, 2.05) is 12.1 Å². The summed E-state index contributed by atoms with van der Waals surface area (Å²) in [4.78, 5) is 11.6. The van der Waals surface area contributed by atoms with Crippen LogP contribution >= 0.6 is 11.6 Å². The largest absolute Gasteiger partial charge is 0.504 e. The minimum absolute atomic E-state index is 0.214. The van der Waals surface area contributed by atoms with Crippen LogP contribution in [-0.2, 0) is 6.54 Å². The van der Waals surface area contributed by atoms with Crippen LogP contribution in [0.2, 0.25) is 5.02 Å². The monoisotopic (exact) mass is 317 g/mol. The van der Waals surface area contributed by atoms with E-state index in [-0.39, 0.29) is 17.1 Å². The Morgan fingerprint density at radius 2 is 1.86 bits per heavy atom. The van der Waals surface area contributed by atoms with Crippen LogP contribution in [0.3, 0.4) is 0 Å². The molecule has 6 heteroatoms. The molecule has 0 amide bonds. The number of fused-ring (bicyclic) bond motifs is 1. The highest BCUT2D eigenvalue weighted by Gasteiger charge is 2.10. The first-order valence-corrected chi connectivity index (χ1v) is 6.89. The fourth-order valence-corrected chi connectivity index (χ4v) is 2.38. The van der Waals surface area contributed by atoms with Crippen molar-refractivity contribution in [3.63, 3.8) is 0 Å². The molecule has 5 nitrogen and oxygen atoms in total. The second-order valence-electron chi connectivity index (χ2n) is 4.79. The third kappa shape index (κ3) is 2.84. The van der Waals surface area contributed by atoms with Crippen molar-refractivity contribution in [2.75, 3.05) is 5.32 Å². The summed E-state index contributed by atoms with van der Waals surface area (Å²) in [5.74, 6) is -0.610. The molecule has 0 radical (unpaired) electrons. The molecule has 3 aromatic rings. The summed E-state index contributed by atoms with van der Waals surface area (Å²) >= 11 is 5.92. The smallest absolute Gasteiger partial charge is 0.336 e. The van der Waals surface area contributed by atoms with E-state index in [4.69, 9.17) is 16.0 Å². The van der Waals surface area contributed by atoms with Gasteiger partial charge in [0.1, 0.15) is 5.58 Å². The number of halogens is 1. The normalized spacial score (nSPS) is 10.8. The second kappa shape index (κ2) is 5.61. The van der Waals surface area contributed by atoms with Crippen molar-refractivity contribution >= 4 is 28.3 Å². The summed E-state index contributed by atoms with van der Waals surface area (Å²) in [6, 6.07) is 11.1. The Kier molecular flexibility index (Phi) is 3.65. The van der Waals surface area contributed by atoms with E-state index in [1.165, 1.54) is 18.2 Å². The van der Waals surface area contributed by atoms with Crippen LogP contribution in [0, 0.1) is 0 Å². The SMILES string of the molecule is O=c1cc(CNc2cccc(Cl)c2)c2cc(O)c(O)cc2o1. The summed E-state index contributed by atoms with van der Waals surface area (Å²) in [6.45, 7) is 0.340. The van der Waals surface area contributed by atoms with E-state index < -0.39 is 5.63 Å². The van der Waals surface area contributed by atoms with Crippen LogP contribution in [0.4, 0.5) is 5.69 Å². The molecule has 0 aliphatic rings. The van der Waals surface area contributed by atoms with Gasteiger partial charge >= 0.3 is 5.63 Å². The number of phenols is 2. The lowest BCUT2D eigenvalue weighted by atomic mass is 10.1. The van der Waals surface area contributed by atoms with E-state index in [1.54, 1.807) is 12.1 Å². The van der Waals surface area contributed by atoms with Gasteiger partial charge in [-0.15, -0.1) is 0 Å². The third-order valence-corrected chi connectivity index (χ3v) is 3.47. The van der Waals surface area contributed by atoms with Crippen molar-refractivity contribution in [2.24, 2.45) is 0 Å². The van der Waals surface area contributed by atoms with Crippen molar-refractivity contribution < 1.29 is 14.6 Å². The molecule has 0 bridgehead atoms. The predicted molar refractivity (Wildman–Crippen MR) is 84.6 cm³/mol. The molecular weight excluding hydrogens is 306 g/mol. The molecule has 0 saturated carbocycles. The number of aromatic hydroxyl groups is 2. The topological polar surface area (TPSA) is 82.7 Å². The highest BCUT2D eigenvalue weighted by Crippen LogP contribution is 2.31. The molecule has 0 spiro atoms. The molecule has 0 aliphatic heterocycles. The van der Waals surface area contributed by atoms with Crippen LogP contribution in [0.5, 0.6) is 11.5 Å². The maximum absolute atomic E-state index is 11.6. The van der Waals surface area contributed by atoms with E-state index in [2.05, 4.69) is 5.32 Å².